The molecule has 0 radical (unpaired) electrons. The van der Waals surface area contributed by atoms with E-state index in [-0.39, 0.29) is 255 Å². The van der Waals surface area contributed by atoms with Crippen LogP contribution in [0.1, 0.15) is 334 Å². The fourth-order valence-corrected chi connectivity index (χ4v) is 33.3. The summed E-state index contributed by atoms with van der Waals surface area (Å²) >= 11 is 0. The lowest BCUT2D eigenvalue weighted by Gasteiger charge is -2.63. The number of carbonyl (C=O) groups excluding carboxylic acids is 9. The SMILES string of the molecule is CCCCN1C(=O)c2ccc3c4c(ccc(c24)C1=O)C(=O)N(CCCC(=O)NCCC[C@@H]1NC(=O)CC[C@@H](C)[C@H]2CC[C@H]4[C@@H]5[C@H](O)C[C@@H]6C[C@@H](CC[C@]6(C)[C@H]5C[C@H](O)[C@]24C)n2cc(nn2)CNC(=O)CC[C@@H](C)[C@H]2CC[C@H]4[C@@H]5[C@H](O)C[C@@H]6C[C@@H](CC[C@]6(C)[C@H]5C[C@H](O)[C@]24C)NC(=O)CC[C@@H](C)[C@H]2CC[C@H]4[C@@H]5[C@H](O)C[C@@H]6C[C@@H](CC[C@]6(C)[C@H]5C[C@H](O)[C@]24C)NC1=O)C3=O. The third-order valence-electron chi connectivity index (χ3n) is 40.4. The first-order valence-electron chi connectivity index (χ1n) is 50.3. The first-order chi connectivity index (χ1) is 60.5. The molecule has 0 spiro atoms. The van der Waals surface area contributed by atoms with E-state index in [9.17, 15) is 69.0 Å². The number of benzene rings is 2. The predicted octanol–water partition coefficient (Wildman–Crippen LogP) is 12.5. The van der Waals surface area contributed by atoms with Crippen molar-refractivity contribution in [3.8, 4) is 0 Å². The van der Waals surface area contributed by atoms with E-state index in [0.717, 1.165) is 94.8 Å². The molecule has 34 atom stereocenters. The van der Waals surface area contributed by atoms with Gasteiger partial charge in [0, 0.05) is 90.4 Å². The highest BCUT2D eigenvalue weighted by Crippen LogP contribution is 2.73. The summed E-state index contributed by atoms with van der Waals surface area (Å²) in [5.74, 6) is -0.980. The molecule has 1 aromatic heterocycles. The molecule has 25 nitrogen and oxygen atoms in total. The Labute approximate surface area is 750 Å². The highest BCUT2D eigenvalue weighted by Gasteiger charge is 2.70. The van der Waals surface area contributed by atoms with Crippen LogP contribution < -0.4 is 26.6 Å². The fraction of sp³-hybridized carbons (Fsp3) is 0.794. The van der Waals surface area contributed by atoms with Crippen LogP contribution in [0.5, 0.6) is 0 Å². The van der Waals surface area contributed by atoms with Crippen molar-refractivity contribution in [2.45, 2.75) is 348 Å². The van der Waals surface area contributed by atoms with Crippen molar-refractivity contribution in [1.82, 2.24) is 51.4 Å². The van der Waals surface area contributed by atoms with E-state index in [2.05, 4.69) is 99.2 Å². The summed E-state index contributed by atoms with van der Waals surface area (Å²) < 4.78 is 1.97. The zero-order chi connectivity index (χ0) is 89.8. The second-order valence-electron chi connectivity index (χ2n) is 45.9. The number of aromatic nitrogens is 3. The topological polar surface area (TPSA) is 372 Å². The number of hydrogen-bond donors (Lipinski definition) is 11. The molecule has 12 heterocycles. The molecule has 23 aliphatic rings. The van der Waals surface area contributed by atoms with Crippen molar-refractivity contribution in [2.75, 3.05) is 19.6 Å². The number of aliphatic hydroxyl groups excluding tert-OH is 6. The minimum absolute atomic E-state index is 0.00281. The standard InChI is InChI=1S/C102H148N10O15/c1-11-12-40-110-93(124)63-20-22-65-88-66(23-21-64(87(63)88)94(110)125)96(127)111(95(65)126)41-14-16-83(119)103-39-13-15-76-92(123)106-60-34-37-98(6)57(43-60)46-78(114)90-71-28-25-68(101(71,9)81(117)49-74(90)98)54(3)18-31-85(121)105-59-33-36-97(5)56(42-59)45-77(113)89-70-27-24-67(100(70,8)80(116)48-73(89)97)53(2)17-30-84(120)104-51-61-52-112(109-108-61)62-35-38-99(7)58(44-62)47-79(115)91-72-29-26-69(55(4)19-32-86(122)107-76)102(72,10)82(118)50-75(91)99/h20-23,52-60,62,67-82,89-91,113-118H,11-19,24-51H2,1-10H3,(H,103,119)(H,104,120)(H,105,121)(H,106,123)(H,107,122)/t53-,54-,55-,56+,57+,58+,59-,60-,62-,67-,68-,69-,70+,71+,72+,73+,74+,75+,76+,77-,78-,79-,80+,81+,82+,89+,90+,91+,97+,98+,99+,100-,101-,102-/m1/s1. The predicted molar refractivity (Wildman–Crippen MR) is 477 cm³/mol. The highest BCUT2D eigenvalue weighted by atomic mass is 16.3. The highest BCUT2D eigenvalue weighted by molar-refractivity contribution is 6.33. The van der Waals surface area contributed by atoms with E-state index >= 15 is 4.79 Å². The van der Waals surface area contributed by atoms with E-state index in [4.69, 9.17) is 0 Å². The van der Waals surface area contributed by atoms with Gasteiger partial charge in [-0.25, -0.2) is 4.68 Å². The first-order valence-corrected chi connectivity index (χ1v) is 50.3. The maximum Gasteiger partial charge on any atom is 0.261 e. The molecule has 12 aliphatic carbocycles. The Morgan fingerprint density at radius 2 is 0.858 bits per heavy atom. The summed E-state index contributed by atoms with van der Waals surface area (Å²) in [5.41, 5.74) is -0.117. The van der Waals surface area contributed by atoms with Crippen LogP contribution in [0.15, 0.2) is 30.5 Å². The number of unbranched alkanes of at least 4 members (excludes halogenated alkanes) is 1. The Morgan fingerprint density at radius 1 is 0.457 bits per heavy atom. The summed E-state index contributed by atoms with van der Waals surface area (Å²) in [7, 11) is 0. The van der Waals surface area contributed by atoms with Crippen molar-refractivity contribution < 1.29 is 73.8 Å². The van der Waals surface area contributed by atoms with Gasteiger partial charge < -0.3 is 57.2 Å². The molecule has 11 N–H and O–H groups in total. The van der Waals surface area contributed by atoms with Crippen molar-refractivity contribution in [2.24, 2.45) is 139 Å². The quantitative estimate of drug-likeness (QED) is 0.0627. The zero-order valence-corrected chi connectivity index (χ0v) is 77.3. The van der Waals surface area contributed by atoms with Crippen LogP contribution in [0, 0.1) is 139 Å². The summed E-state index contributed by atoms with van der Waals surface area (Å²) in [5, 5.41) is 102. The van der Waals surface area contributed by atoms with E-state index < -0.39 is 77.1 Å². The van der Waals surface area contributed by atoms with Gasteiger partial charge in [-0.05, 0) is 343 Å². The number of aliphatic hydroxyl groups is 6. The fourth-order valence-electron chi connectivity index (χ4n) is 33.3. The smallest absolute Gasteiger partial charge is 0.261 e. The number of imide groups is 2. The number of rotatable bonds is 11. The molecule has 0 unspecified atom stereocenters. The molecule has 0 saturated heterocycles. The van der Waals surface area contributed by atoms with Gasteiger partial charge in [0.2, 0.25) is 29.5 Å². The molecule has 3 aromatic rings. The van der Waals surface area contributed by atoms with E-state index in [0.29, 0.717) is 107 Å². The average molecular weight is 1750 g/mol. The van der Waals surface area contributed by atoms with Crippen LogP contribution in [0.4, 0.5) is 0 Å². The molecular weight excluding hydrogens is 1610 g/mol. The summed E-state index contributed by atoms with van der Waals surface area (Å²) in [6.45, 7) is 23.3. The lowest BCUT2D eigenvalue weighted by atomic mass is 9.43. The lowest BCUT2D eigenvalue weighted by Crippen LogP contribution is -2.63. The van der Waals surface area contributed by atoms with Crippen LogP contribution >= 0.6 is 0 Å². The third-order valence-corrected chi connectivity index (χ3v) is 40.4. The molecule has 26 bridgehead atoms. The van der Waals surface area contributed by atoms with Crippen LogP contribution in [0.2, 0.25) is 0 Å². The van der Waals surface area contributed by atoms with Crippen molar-refractivity contribution in [1.29, 1.82) is 0 Å². The second kappa shape index (κ2) is 34.7. The first kappa shape index (κ1) is 90.8. The van der Waals surface area contributed by atoms with Gasteiger partial charge >= 0.3 is 0 Å². The largest absolute Gasteiger partial charge is 0.393 e. The van der Waals surface area contributed by atoms with Gasteiger partial charge in [0.05, 0.1) is 55.4 Å². The minimum atomic E-state index is -0.956. The van der Waals surface area contributed by atoms with E-state index in [1.165, 1.54) is 4.90 Å². The molecule has 26 rings (SSSR count). The monoisotopic (exact) mass is 1750 g/mol. The number of hydrogen-bond acceptors (Lipinski definition) is 17. The molecule has 127 heavy (non-hydrogen) atoms. The lowest BCUT2D eigenvalue weighted by molar-refractivity contribution is -0.204. The summed E-state index contributed by atoms with van der Waals surface area (Å²) in [6, 6.07) is 5.04. The Hall–Kier alpha value is -6.77. The van der Waals surface area contributed by atoms with Gasteiger partial charge in [-0.3, -0.25) is 53.0 Å². The number of amides is 9. The maximum atomic E-state index is 15.1. The second-order valence-corrected chi connectivity index (χ2v) is 45.9. The maximum absolute atomic E-state index is 15.1. The molecule has 9 amide bonds. The van der Waals surface area contributed by atoms with E-state index in [1.54, 1.807) is 24.3 Å². The Bertz CT molecular complexity index is 4680. The van der Waals surface area contributed by atoms with Crippen LogP contribution in [0.3, 0.4) is 0 Å². The summed E-state index contributed by atoms with van der Waals surface area (Å²) in [6.07, 6.45) is 19.9. The van der Waals surface area contributed by atoms with E-state index in [1.807, 2.05) is 17.8 Å². The van der Waals surface area contributed by atoms with Crippen molar-refractivity contribution in [3.05, 3.63) is 58.4 Å². The number of nitrogens with one attached hydrogen (secondary N) is 5. The van der Waals surface area contributed by atoms with Gasteiger partial charge in [0.15, 0.2) is 0 Å². The normalized spacial score (nSPS) is 44.7. The van der Waals surface area contributed by atoms with Gasteiger partial charge in [0.25, 0.3) is 23.6 Å². The van der Waals surface area contributed by atoms with Crippen molar-refractivity contribution in [3.63, 3.8) is 0 Å². The third kappa shape index (κ3) is 15.2. The Morgan fingerprint density at radius 3 is 1.31 bits per heavy atom. The zero-order valence-electron chi connectivity index (χ0n) is 77.3. The molecule has 12 saturated carbocycles. The minimum Gasteiger partial charge on any atom is -0.393 e. The van der Waals surface area contributed by atoms with Crippen molar-refractivity contribution >= 4 is 63.9 Å². The molecule has 2 aromatic carbocycles. The molecule has 12 fully saturated rings. The van der Waals surface area contributed by atoms with Crippen LogP contribution in [0.25, 0.3) is 10.8 Å². The Kier molecular flexibility index (Phi) is 24.8. The average Bonchev–Trinajstić information content (AvgIpc) is 1.70. The Balaban J connectivity index is 0.547. The van der Waals surface area contributed by atoms with Crippen LogP contribution in [-0.4, -0.2) is 183 Å². The van der Waals surface area contributed by atoms with Gasteiger partial charge in [0.1, 0.15) is 11.7 Å². The van der Waals surface area contributed by atoms with Gasteiger partial charge in [-0.15, -0.1) is 5.10 Å². The molecule has 11 aliphatic heterocycles. The molecular formula is C102H148N10O15. The molecule has 25 heteroatoms. The number of nitrogens with zero attached hydrogens (tertiary/aromatic N) is 5. The van der Waals surface area contributed by atoms with Gasteiger partial charge in [-0.1, -0.05) is 80.9 Å². The van der Waals surface area contributed by atoms with Crippen LogP contribution in [-0.2, 0) is 30.5 Å². The summed E-state index contributed by atoms with van der Waals surface area (Å²) in [4.78, 5) is 130. The number of carbonyl (C=O) groups is 9. The molecule has 696 valence electrons. The van der Waals surface area contributed by atoms with Gasteiger partial charge in [-0.2, -0.15) is 0 Å².